The van der Waals surface area contributed by atoms with Crippen LogP contribution in [0.25, 0.3) is 0 Å². The lowest BCUT2D eigenvalue weighted by Gasteiger charge is -2.31. The van der Waals surface area contributed by atoms with E-state index in [4.69, 9.17) is 0 Å². The number of nitrogens with zero attached hydrogens (tertiary/aromatic N) is 3. The molecule has 0 aliphatic carbocycles. The summed E-state index contributed by atoms with van der Waals surface area (Å²) in [6.07, 6.45) is 2.81. The van der Waals surface area contributed by atoms with Crippen molar-refractivity contribution in [3.63, 3.8) is 0 Å². The Kier molecular flexibility index (Phi) is 4.49. The minimum atomic E-state index is -0.125. The van der Waals surface area contributed by atoms with Gasteiger partial charge >= 0.3 is 0 Å². The van der Waals surface area contributed by atoms with E-state index in [2.05, 4.69) is 11.4 Å². The molecule has 0 radical (unpaired) electrons. The molecule has 1 aromatic rings. The minimum absolute atomic E-state index is 0.115. The van der Waals surface area contributed by atoms with Crippen LogP contribution in [-0.4, -0.2) is 66.3 Å². The molecule has 0 bridgehead atoms. The fourth-order valence-electron chi connectivity index (χ4n) is 3.33. The van der Waals surface area contributed by atoms with Gasteiger partial charge in [0.2, 0.25) is 11.8 Å². The van der Waals surface area contributed by atoms with Gasteiger partial charge in [0.25, 0.3) is 0 Å². The van der Waals surface area contributed by atoms with E-state index in [1.54, 1.807) is 30.3 Å². The van der Waals surface area contributed by atoms with E-state index in [1.807, 2.05) is 9.80 Å². The van der Waals surface area contributed by atoms with Crippen molar-refractivity contribution in [1.29, 1.82) is 0 Å². The van der Waals surface area contributed by atoms with Gasteiger partial charge in [0.1, 0.15) is 0 Å². The van der Waals surface area contributed by atoms with E-state index in [0.29, 0.717) is 6.54 Å². The third kappa shape index (κ3) is 3.03. The average Bonchev–Trinajstić information content (AvgIpc) is 3.13. The van der Waals surface area contributed by atoms with Crippen molar-refractivity contribution >= 4 is 23.2 Å². The van der Waals surface area contributed by atoms with Crippen molar-refractivity contribution in [2.45, 2.75) is 31.8 Å². The summed E-state index contributed by atoms with van der Waals surface area (Å²) < 4.78 is 0. The number of hydrogen-bond acceptors (Lipinski definition) is 4. The quantitative estimate of drug-likeness (QED) is 0.840. The molecule has 6 heteroatoms. The van der Waals surface area contributed by atoms with Gasteiger partial charge in [-0.25, -0.2) is 0 Å². The molecule has 0 saturated carbocycles. The van der Waals surface area contributed by atoms with E-state index < -0.39 is 0 Å². The third-order valence-corrected chi connectivity index (χ3v) is 5.61. The number of carbonyl (C=O) groups excluding carboxylic acids is 2. The highest BCUT2D eigenvalue weighted by molar-refractivity contribution is 7.10. The summed E-state index contributed by atoms with van der Waals surface area (Å²) in [5, 5.41) is 2.10. The zero-order valence-corrected chi connectivity index (χ0v) is 14.1. The summed E-state index contributed by atoms with van der Waals surface area (Å²) in [4.78, 5) is 31.8. The van der Waals surface area contributed by atoms with Gasteiger partial charge in [-0.2, -0.15) is 0 Å². The number of thiophene rings is 1. The lowest BCUT2D eigenvalue weighted by atomic mass is 10.1. The van der Waals surface area contributed by atoms with Crippen molar-refractivity contribution in [3.8, 4) is 0 Å². The monoisotopic (exact) mass is 321 g/mol. The summed E-state index contributed by atoms with van der Waals surface area (Å²) in [6.45, 7) is 2.72. The first-order chi connectivity index (χ1) is 10.6. The molecule has 2 amide bonds. The average molecular weight is 321 g/mol. The second kappa shape index (κ2) is 6.38. The number of carbonyl (C=O) groups is 2. The standard InChI is InChI=1S/C16H23N3O2S/c1-17(2)16(21)13-4-3-7-18(13)11-15(20)19-8-5-14-12(10-19)6-9-22-14/h6,9,13H,3-5,7-8,10-11H2,1-2H3. The van der Waals surface area contributed by atoms with E-state index in [9.17, 15) is 9.59 Å². The van der Waals surface area contributed by atoms with Gasteiger partial charge in [-0.3, -0.25) is 14.5 Å². The molecule has 22 heavy (non-hydrogen) atoms. The number of hydrogen-bond donors (Lipinski definition) is 0. The molecule has 2 aliphatic heterocycles. The Morgan fingerprint density at radius 3 is 2.95 bits per heavy atom. The Morgan fingerprint density at radius 2 is 2.18 bits per heavy atom. The summed E-state index contributed by atoms with van der Waals surface area (Å²) in [6, 6.07) is 1.99. The molecule has 1 fully saturated rings. The van der Waals surface area contributed by atoms with E-state index in [1.165, 1.54) is 10.4 Å². The molecule has 2 aliphatic rings. The number of likely N-dealkylation sites (N-methyl/N-ethyl adjacent to an activating group) is 1. The van der Waals surface area contributed by atoms with Crippen LogP contribution in [0.1, 0.15) is 23.3 Å². The number of amides is 2. The summed E-state index contributed by atoms with van der Waals surface area (Å²) >= 11 is 1.78. The Balaban J connectivity index is 1.61. The topological polar surface area (TPSA) is 43.9 Å². The van der Waals surface area contributed by atoms with Crippen LogP contribution < -0.4 is 0 Å². The molecule has 0 N–H and O–H groups in total. The predicted molar refractivity (Wildman–Crippen MR) is 86.7 cm³/mol. The lowest BCUT2D eigenvalue weighted by molar-refractivity contribution is -0.137. The fraction of sp³-hybridized carbons (Fsp3) is 0.625. The van der Waals surface area contributed by atoms with Crippen LogP contribution in [0.4, 0.5) is 0 Å². The van der Waals surface area contributed by atoms with Crippen LogP contribution in [0, 0.1) is 0 Å². The molecular formula is C16H23N3O2S. The molecule has 1 unspecified atom stereocenters. The Hall–Kier alpha value is -1.40. The van der Waals surface area contributed by atoms with Crippen molar-refractivity contribution < 1.29 is 9.59 Å². The SMILES string of the molecule is CN(C)C(=O)C1CCCN1CC(=O)N1CCc2sccc2C1. The Bertz CT molecular complexity index is 569. The molecule has 3 rings (SSSR count). The molecule has 1 aromatic heterocycles. The first kappa shape index (κ1) is 15.5. The molecule has 0 spiro atoms. The Labute approximate surface area is 135 Å². The van der Waals surface area contributed by atoms with Gasteiger partial charge in [-0.05, 0) is 42.8 Å². The highest BCUT2D eigenvalue weighted by atomic mass is 32.1. The van der Waals surface area contributed by atoms with E-state index in [-0.39, 0.29) is 17.9 Å². The van der Waals surface area contributed by atoms with Crippen LogP contribution in [0.2, 0.25) is 0 Å². The first-order valence-electron chi connectivity index (χ1n) is 7.84. The second-order valence-corrected chi connectivity index (χ2v) is 7.30. The normalized spacial score (nSPS) is 21.7. The van der Waals surface area contributed by atoms with Gasteiger partial charge in [-0.1, -0.05) is 0 Å². The smallest absolute Gasteiger partial charge is 0.239 e. The van der Waals surface area contributed by atoms with Crippen LogP contribution in [0.15, 0.2) is 11.4 Å². The number of rotatable bonds is 3. The molecule has 3 heterocycles. The van der Waals surface area contributed by atoms with Crippen LogP contribution >= 0.6 is 11.3 Å². The Morgan fingerprint density at radius 1 is 1.36 bits per heavy atom. The molecule has 1 atom stereocenters. The van der Waals surface area contributed by atoms with Crippen LogP contribution in [0.5, 0.6) is 0 Å². The maximum absolute atomic E-state index is 12.6. The van der Waals surface area contributed by atoms with Crippen LogP contribution in [0.3, 0.4) is 0 Å². The lowest BCUT2D eigenvalue weighted by Crippen LogP contribution is -2.48. The molecular weight excluding hydrogens is 298 g/mol. The largest absolute Gasteiger partial charge is 0.347 e. The van der Waals surface area contributed by atoms with Crippen LogP contribution in [-0.2, 0) is 22.6 Å². The summed E-state index contributed by atoms with van der Waals surface area (Å²) in [5.41, 5.74) is 1.28. The highest BCUT2D eigenvalue weighted by Crippen LogP contribution is 2.25. The van der Waals surface area contributed by atoms with Gasteiger partial charge in [0.05, 0.1) is 12.6 Å². The zero-order valence-electron chi connectivity index (χ0n) is 13.2. The summed E-state index contributed by atoms with van der Waals surface area (Å²) in [7, 11) is 3.56. The molecule has 120 valence electrons. The van der Waals surface area contributed by atoms with Gasteiger partial charge in [0.15, 0.2) is 0 Å². The van der Waals surface area contributed by atoms with Crippen molar-refractivity contribution in [2.75, 3.05) is 33.7 Å². The third-order valence-electron chi connectivity index (χ3n) is 4.59. The van der Waals surface area contributed by atoms with Gasteiger partial charge in [-0.15, -0.1) is 11.3 Å². The number of fused-ring (bicyclic) bond motifs is 1. The molecule has 5 nitrogen and oxygen atoms in total. The second-order valence-electron chi connectivity index (χ2n) is 6.30. The highest BCUT2D eigenvalue weighted by Gasteiger charge is 2.34. The summed E-state index contributed by atoms with van der Waals surface area (Å²) in [5.74, 6) is 0.263. The van der Waals surface area contributed by atoms with Crippen molar-refractivity contribution in [3.05, 3.63) is 21.9 Å². The van der Waals surface area contributed by atoms with Crippen molar-refractivity contribution in [2.24, 2.45) is 0 Å². The first-order valence-corrected chi connectivity index (χ1v) is 8.72. The van der Waals surface area contributed by atoms with Gasteiger partial charge < -0.3 is 9.80 Å². The fourth-order valence-corrected chi connectivity index (χ4v) is 4.22. The predicted octanol–water partition coefficient (Wildman–Crippen LogP) is 1.19. The van der Waals surface area contributed by atoms with Gasteiger partial charge in [0, 0.05) is 32.1 Å². The maximum Gasteiger partial charge on any atom is 0.239 e. The number of likely N-dealkylation sites (tertiary alicyclic amines) is 1. The molecule has 1 saturated heterocycles. The maximum atomic E-state index is 12.6. The minimum Gasteiger partial charge on any atom is -0.347 e. The zero-order chi connectivity index (χ0) is 15.7. The van der Waals surface area contributed by atoms with Crippen molar-refractivity contribution in [1.82, 2.24) is 14.7 Å². The van der Waals surface area contributed by atoms with E-state index in [0.717, 1.165) is 38.9 Å². The van der Waals surface area contributed by atoms with E-state index >= 15 is 0 Å². The molecule has 0 aromatic carbocycles.